The highest BCUT2D eigenvalue weighted by molar-refractivity contribution is 7.23. The number of hydrogen-bond donors (Lipinski definition) is 0. The van der Waals surface area contributed by atoms with Crippen LogP contribution in [-0.4, -0.2) is 64.3 Å². The topological polar surface area (TPSA) is 64.1 Å². The Morgan fingerprint density at radius 3 is 2.29 bits per heavy atom. The number of ether oxygens (including phenoxy) is 3. The standard InChI is InChI=1S/C25H30ClN3O4S.ClH/c1-16-8-10-18(26)24-22(16)27-25(34-24)29(13-7-12-28(2)3)21(30)11-9-17-14-19(31-4)23(33-6)20(15-17)32-5;/h8-11,14-15H,7,12-13H2,1-6H3;1H. The molecule has 0 unspecified atom stereocenters. The zero-order valence-corrected chi connectivity index (χ0v) is 23.1. The molecule has 1 aromatic heterocycles. The molecular formula is C25H31Cl2N3O4S. The first-order valence-corrected chi connectivity index (χ1v) is 12.0. The minimum absolute atomic E-state index is 0. The molecule has 0 atom stereocenters. The van der Waals surface area contributed by atoms with Crippen LogP contribution in [-0.2, 0) is 4.79 Å². The fourth-order valence-electron chi connectivity index (χ4n) is 3.51. The van der Waals surface area contributed by atoms with Crippen LogP contribution in [0.4, 0.5) is 5.13 Å². The molecule has 0 bridgehead atoms. The molecule has 0 aliphatic carbocycles. The quantitative estimate of drug-likeness (QED) is 0.308. The summed E-state index contributed by atoms with van der Waals surface area (Å²) in [6.45, 7) is 3.38. The molecule has 3 rings (SSSR count). The van der Waals surface area contributed by atoms with Crippen molar-refractivity contribution in [2.24, 2.45) is 0 Å². The van der Waals surface area contributed by atoms with Crippen LogP contribution in [0.15, 0.2) is 30.3 Å². The van der Waals surface area contributed by atoms with E-state index in [0.29, 0.717) is 33.9 Å². The van der Waals surface area contributed by atoms with E-state index in [1.165, 1.54) is 17.4 Å². The number of benzene rings is 2. The molecule has 0 saturated heterocycles. The van der Waals surface area contributed by atoms with Gasteiger partial charge in [0.1, 0.15) is 0 Å². The van der Waals surface area contributed by atoms with Crippen molar-refractivity contribution in [1.29, 1.82) is 0 Å². The van der Waals surface area contributed by atoms with Gasteiger partial charge in [-0.2, -0.15) is 0 Å². The van der Waals surface area contributed by atoms with Crippen LogP contribution in [0.2, 0.25) is 5.02 Å². The molecule has 2 aromatic carbocycles. The maximum atomic E-state index is 13.3. The Morgan fingerprint density at radius 2 is 1.74 bits per heavy atom. The van der Waals surface area contributed by atoms with Gasteiger partial charge in [-0.15, -0.1) is 12.4 Å². The van der Waals surface area contributed by atoms with Gasteiger partial charge in [0.15, 0.2) is 16.6 Å². The summed E-state index contributed by atoms with van der Waals surface area (Å²) in [5.41, 5.74) is 2.60. The van der Waals surface area contributed by atoms with Crippen molar-refractivity contribution < 1.29 is 19.0 Å². The number of methoxy groups -OCH3 is 3. The highest BCUT2D eigenvalue weighted by Gasteiger charge is 2.20. The van der Waals surface area contributed by atoms with E-state index in [9.17, 15) is 4.79 Å². The first-order chi connectivity index (χ1) is 16.3. The van der Waals surface area contributed by atoms with Gasteiger partial charge in [0.2, 0.25) is 5.75 Å². The second kappa shape index (κ2) is 13.0. The average Bonchev–Trinajstić information content (AvgIpc) is 3.28. The Morgan fingerprint density at radius 1 is 1.09 bits per heavy atom. The SMILES string of the molecule is COc1cc(C=CC(=O)N(CCCN(C)C)c2nc3c(C)ccc(Cl)c3s2)cc(OC)c1OC.Cl. The van der Waals surface area contributed by atoms with Gasteiger partial charge in [0.05, 0.1) is 36.6 Å². The maximum absolute atomic E-state index is 13.3. The normalized spacial score (nSPS) is 11.1. The van der Waals surface area contributed by atoms with Crippen molar-refractivity contribution in [3.05, 3.63) is 46.5 Å². The first-order valence-electron chi connectivity index (χ1n) is 10.8. The van der Waals surface area contributed by atoms with E-state index in [1.807, 2.05) is 33.2 Å². The number of carbonyl (C=O) groups is 1. The zero-order valence-electron chi connectivity index (χ0n) is 20.8. The zero-order chi connectivity index (χ0) is 24.8. The molecule has 1 heterocycles. The number of rotatable bonds is 10. The molecule has 0 radical (unpaired) electrons. The third-order valence-electron chi connectivity index (χ3n) is 5.28. The van der Waals surface area contributed by atoms with Gasteiger partial charge in [-0.25, -0.2) is 4.98 Å². The van der Waals surface area contributed by atoms with Crippen molar-refractivity contribution in [3.8, 4) is 17.2 Å². The van der Waals surface area contributed by atoms with E-state index in [4.69, 9.17) is 30.8 Å². The average molecular weight is 541 g/mol. The summed E-state index contributed by atoms with van der Waals surface area (Å²) in [5, 5.41) is 1.27. The van der Waals surface area contributed by atoms with Gasteiger partial charge in [-0.1, -0.05) is 29.0 Å². The summed E-state index contributed by atoms with van der Waals surface area (Å²) in [6, 6.07) is 7.39. The molecule has 10 heteroatoms. The summed E-state index contributed by atoms with van der Waals surface area (Å²) in [6.07, 6.45) is 4.08. The van der Waals surface area contributed by atoms with Crippen LogP contribution < -0.4 is 19.1 Å². The lowest BCUT2D eigenvalue weighted by atomic mass is 10.1. The predicted molar refractivity (Wildman–Crippen MR) is 147 cm³/mol. The summed E-state index contributed by atoms with van der Waals surface area (Å²) in [4.78, 5) is 21.9. The van der Waals surface area contributed by atoms with Crippen LogP contribution in [0.3, 0.4) is 0 Å². The van der Waals surface area contributed by atoms with Crippen LogP contribution in [0.5, 0.6) is 17.2 Å². The monoisotopic (exact) mass is 539 g/mol. The molecule has 0 spiro atoms. The second-order valence-corrected chi connectivity index (χ2v) is 9.36. The van der Waals surface area contributed by atoms with Gasteiger partial charge >= 0.3 is 0 Å². The molecule has 0 aliphatic rings. The van der Waals surface area contributed by atoms with Crippen LogP contribution in [0.25, 0.3) is 16.3 Å². The number of amides is 1. The molecule has 0 aliphatic heterocycles. The minimum Gasteiger partial charge on any atom is -0.493 e. The number of thiazole rings is 1. The number of aromatic nitrogens is 1. The Kier molecular flexibility index (Phi) is 10.6. The number of nitrogens with zero attached hydrogens (tertiary/aromatic N) is 3. The van der Waals surface area contributed by atoms with Gasteiger partial charge < -0.3 is 19.1 Å². The van der Waals surface area contributed by atoms with Crippen molar-refractivity contribution in [2.75, 3.05) is 53.4 Å². The van der Waals surface area contributed by atoms with Gasteiger partial charge in [0.25, 0.3) is 5.91 Å². The van der Waals surface area contributed by atoms with E-state index in [-0.39, 0.29) is 18.3 Å². The summed E-state index contributed by atoms with van der Waals surface area (Å²) in [5.74, 6) is 1.38. The number of hydrogen-bond acceptors (Lipinski definition) is 7. The van der Waals surface area contributed by atoms with E-state index in [0.717, 1.165) is 34.3 Å². The highest BCUT2D eigenvalue weighted by atomic mass is 35.5. The van der Waals surface area contributed by atoms with E-state index >= 15 is 0 Å². The molecule has 3 aromatic rings. The van der Waals surface area contributed by atoms with Crippen LogP contribution in [0.1, 0.15) is 17.5 Å². The van der Waals surface area contributed by atoms with Crippen molar-refractivity contribution in [1.82, 2.24) is 9.88 Å². The highest BCUT2D eigenvalue weighted by Crippen LogP contribution is 2.39. The molecule has 35 heavy (non-hydrogen) atoms. The number of aryl methyl sites for hydroxylation is 1. The molecule has 1 amide bonds. The number of halogens is 2. The van der Waals surface area contributed by atoms with E-state index in [1.54, 1.807) is 44.4 Å². The molecule has 7 nitrogen and oxygen atoms in total. The Hall–Kier alpha value is -2.52. The van der Waals surface area contributed by atoms with Crippen molar-refractivity contribution in [3.63, 3.8) is 0 Å². The molecule has 0 saturated carbocycles. The summed E-state index contributed by atoms with van der Waals surface area (Å²) in [7, 11) is 8.69. The van der Waals surface area contributed by atoms with Crippen LogP contribution in [0, 0.1) is 6.92 Å². The Bertz CT molecular complexity index is 1130. The van der Waals surface area contributed by atoms with E-state index < -0.39 is 0 Å². The van der Waals surface area contributed by atoms with Gasteiger partial charge in [-0.05, 0) is 69.4 Å². The second-order valence-electron chi connectivity index (χ2n) is 7.98. The van der Waals surface area contributed by atoms with E-state index in [2.05, 4.69) is 4.90 Å². The first kappa shape index (κ1) is 28.7. The molecule has 190 valence electrons. The smallest absolute Gasteiger partial charge is 0.252 e. The van der Waals surface area contributed by atoms with Gasteiger partial charge in [0, 0.05) is 12.6 Å². The van der Waals surface area contributed by atoms with Gasteiger partial charge in [-0.3, -0.25) is 9.69 Å². The fraction of sp³-hybridized carbons (Fsp3) is 0.360. The fourth-order valence-corrected chi connectivity index (χ4v) is 4.85. The summed E-state index contributed by atoms with van der Waals surface area (Å²) >= 11 is 7.84. The predicted octanol–water partition coefficient (Wildman–Crippen LogP) is 5.70. The lowest BCUT2D eigenvalue weighted by molar-refractivity contribution is -0.114. The lowest BCUT2D eigenvalue weighted by Crippen LogP contribution is -2.32. The Balaban J connectivity index is 0.00000432. The largest absolute Gasteiger partial charge is 0.493 e. The molecule has 0 fully saturated rings. The minimum atomic E-state index is -0.166. The van der Waals surface area contributed by atoms with Crippen molar-refractivity contribution >= 4 is 62.7 Å². The molecular weight excluding hydrogens is 509 g/mol. The Labute approximate surface area is 221 Å². The maximum Gasteiger partial charge on any atom is 0.252 e. The lowest BCUT2D eigenvalue weighted by Gasteiger charge is -2.19. The summed E-state index contributed by atoms with van der Waals surface area (Å²) < 4.78 is 17.1. The van der Waals surface area contributed by atoms with Crippen LogP contribution >= 0.6 is 35.3 Å². The number of carbonyl (C=O) groups excluding carboxylic acids is 1. The third kappa shape index (κ3) is 6.79. The number of anilines is 1. The third-order valence-corrected chi connectivity index (χ3v) is 6.81. The van der Waals surface area contributed by atoms with Crippen molar-refractivity contribution in [2.45, 2.75) is 13.3 Å². The molecule has 0 N–H and O–H groups in total. The number of fused-ring (bicyclic) bond motifs is 1.